The monoisotopic (exact) mass is 307 g/mol. The van der Waals surface area contributed by atoms with Crippen molar-refractivity contribution in [1.82, 2.24) is 15.8 Å². The first kappa shape index (κ1) is 15.1. The third kappa shape index (κ3) is 3.32. The molecule has 2 aliphatic rings. The zero-order chi connectivity index (χ0) is 15.5. The zero-order valence-electron chi connectivity index (χ0n) is 12.5. The summed E-state index contributed by atoms with van der Waals surface area (Å²) < 4.78 is 11.6. The number of nitrogens with one attached hydrogen (secondary N) is 2. The van der Waals surface area contributed by atoms with E-state index in [4.69, 9.17) is 14.6 Å². The van der Waals surface area contributed by atoms with E-state index in [0.717, 1.165) is 11.5 Å². The summed E-state index contributed by atoms with van der Waals surface area (Å²) in [5.74, 6) is 0.741. The van der Waals surface area contributed by atoms with Gasteiger partial charge in [-0.1, -0.05) is 12.1 Å². The Labute approximate surface area is 129 Å². The molecule has 3 atom stereocenters. The normalized spacial score (nSPS) is 27.1. The number of likely N-dealkylation sites (N-methyl/N-ethyl adjacent to an activating group) is 1. The van der Waals surface area contributed by atoms with E-state index in [1.807, 2.05) is 31.3 Å². The quantitative estimate of drug-likeness (QED) is 0.702. The van der Waals surface area contributed by atoms with Gasteiger partial charge in [-0.15, -0.1) is 0 Å². The minimum atomic E-state index is -0.824. The Hall–Kier alpha value is -1.83. The average molecular weight is 307 g/mol. The summed E-state index contributed by atoms with van der Waals surface area (Å²) in [5, 5.41) is 9.16. The fourth-order valence-electron chi connectivity index (χ4n) is 2.94. The Balaban J connectivity index is 1.52. The van der Waals surface area contributed by atoms with Gasteiger partial charge in [0.05, 0.1) is 0 Å². The fraction of sp³-hybridized carbons (Fsp3) is 0.533. The molecule has 3 rings (SSSR count). The van der Waals surface area contributed by atoms with Gasteiger partial charge in [0.1, 0.15) is 18.8 Å². The molecule has 0 bridgehead atoms. The van der Waals surface area contributed by atoms with Gasteiger partial charge in [0.2, 0.25) is 0 Å². The van der Waals surface area contributed by atoms with Gasteiger partial charge in [-0.3, -0.25) is 10.2 Å². The highest BCUT2D eigenvalue weighted by molar-refractivity contribution is 5.74. The van der Waals surface area contributed by atoms with Crippen LogP contribution in [0.2, 0.25) is 0 Å². The number of para-hydroxylation sites is 2. The van der Waals surface area contributed by atoms with Crippen LogP contribution in [0.5, 0.6) is 11.5 Å². The standard InChI is InChI=1S/C15H21N3O4/c1-18(7-10-6-16-17-14(10)15(19)20)8-11-9-21-12-4-2-3-5-13(12)22-11/h2-5,10-11,14,16-17H,6-9H2,1H3,(H,19,20). The predicted molar refractivity (Wildman–Crippen MR) is 79.9 cm³/mol. The second kappa shape index (κ2) is 6.51. The van der Waals surface area contributed by atoms with Gasteiger partial charge in [0.25, 0.3) is 0 Å². The molecule has 0 amide bonds. The third-order valence-electron chi connectivity index (χ3n) is 3.99. The summed E-state index contributed by atoms with van der Waals surface area (Å²) in [6, 6.07) is 7.07. The number of benzene rings is 1. The Morgan fingerprint density at radius 3 is 2.91 bits per heavy atom. The number of carbonyl (C=O) groups is 1. The minimum Gasteiger partial charge on any atom is -0.486 e. The van der Waals surface area contributed by atoms with Gasteiger partial charge in [0.15, 0.2) is 11.5 Å². The molecular weight excluding hydrogens is 286 g/mol. The summed E-state index contributed by atoms with van der Waals surface area (Å²) in [6.45, 7) is 2.52. The van der Waals surface area contributed by atoms with Gasteiger partial charge < -0.3 is 19.5 Å². The minimum absolute atomic E-state index is 0.0271. The smallest absolute Gasteiger partial charge is 0.322 e. The number of carboxylic acids is 1. The average Bonchev–Trinajstić information content (AvgIpc) is 2.95. The number of aliphatic carboxylic acids is 1. The first-order valence-corrected chi connectivity index (χ1v) is 7.41. The van der Waals surface area contributed by atoms with Crippen LogP contribution in [0, 0.1) is 5.92 Å². The summed E-state index contributed by atoms with van der Waals surface area (Å²) in [4.78, 5) is 13.2. The summed E-state index contributed by atoms with van der Waals surface area (Å²) in [5.41, 5.74) is 5.71. The molecule has 22 heavy (non-hydrogen) atoms. The highest BCUT2D eigenvalue weighted by Gasteiger charge is 2.34. The van der Waals surface area contributed by atoms with Crippen molar-refractivity contribution < 1.29 is 19.4 Å². The zero-order valence-corrected chi connectivity index (χ0v) is 12.5. The van der Waals surface area contributed by atoms with Crippen molar-refractivity contribution in [2.45, 2.75) is 12.1 Å². The maximum atomic E-state index is 11.2. The van der Waals surface area contributed by atoms with E-state index in [0.29, 0.717) is 26.2 Å². The highest BCUT2D eigenvalue weighted by atomic mass is 16.6. The van der Waals surface area contributed by atoms with Gasteiger partial charge in [-0.2, -0.15) is 0 Å². The van der Waals surface area contributed by atoms with E-state index < -0.39 is 12.0 Å². The van der Waals surface area contributed by atoms with Crippen LogP contribution in [0.3, 0.4) is 0 Å². The first-order valence-electron chi connectivity index (χ1n) is 7.41. The fourth-order valence-corrected chi connectivity index (χ4v) is 2.94. The van der Waals surface area contributed by atoms with Crippen LogP contribution < -0.4 is 20.3 Å². The molecule has 0 aliphatic carbocycles. The van der Waals surface area contributed by atoms with Crippen LogP contribution in [0.4, 0.5) is 0 Å². The van der Waals surface area contributed by atoms with Gasteiger partial charge in [0, 0.05) is 25.6 Å². The molecule has 7 heteroatoms. The molecule has 1 fully saturated rings. The molecule has 7 nitrogen and oxygen atoms in total. The van der Waals surface area contributed by atoms with E-state index in [2.05, 4.69) is 15.8 Å². The lowest BCUT2D eigenvalue weighted by molar-refractivity contribution is -0.140. The molecule has 2 heterocycles. The molecule has 0 saturated carbocycles. The Bertz CT molecular complexity index is 539. The number of ether oxygens (including phenoxy) is 2. The largest absolute Gasteiger partial charge is 0.486 e. The molecule has 2 aliphatic heterocycles. The number of hydrogen-bond donors (Lipinski definition) is 3. The van der Waals surface area contributed by atoms with Crippen molar-refractivity contribution in [3.63, 3.8) is 0 Å². The van der Waals surface area contributed by atoms with E-state index in [1.165, 1.54) is 0 Å². The van der Waals surface area contributed by atoms with Crippen molar-refractivity contribution in [1.29, 1.82) is 0 Å². The third-order valence-corrected chi connectivity index (χ3v) is 3.99. The van der Waals surface area contributed by atoms with E-state index >= 15 is 0 Å². The van der Waals surface area contributed by atoms with Crippen molar-refractivity contribution in [2.75, 3.05) is 33.3 Å². The number of rotatable bonds is 5. The molecule has 1 aromatic rings. The van der Waals surface area contributed by atoms with Crippen LogP contribution >= 0.6 is 0 Å². The number of nitrogens with zero attached hydrogens (tertiary/aromatic N) is 1. The molecule has 3 unspecified atom stereocenters. The lowest BCUT2D eigenvalue weighted by Crippen LogP contribution is -2.45. The molecular formula is C15H21N3O4. The molecule has 1 saturated heterocycles. The Kier molecular flexibility index (Phi) is 4.47. The topological polar surface area (TPSA) is 83.1 Å². The van der Waals surface area contributed by atoms with Crippen LogP contribution in [-0.4, -0.2) is 61.4 Å². The van der Waals surface area contributed by atoms with Crippen molar-refractivity contribution >= 4 is 5.97 Å². The maximum absolute atomic E-state index is 11.2. The Morgan fingerprint density at radius 1 is 1.36 bits per heavy atom. The van der Waals surface area contributed by atoms with Crippen LogP contribution in [0.1, 0.15) is 0 Å². The molecule has 0 radical (unpaired) electrons. The molecule has 3 N–H and O–H groups in total. The molecule has 0 aromatic heterocycles. The van der Waals surface area contributed by atoms with Gasteiger partial charge in [-0.25, -0.2) is 5.43 Å². The lowest BCUT2D eigenvalue weighted by atomic mass is 10.0. The maximum Gasteiger partial charge on any atom is 0.322 e. The summed E-state index contributed by atoms with van der Waals surface area (Å²) in [6.07, 6.45) is -0.0505. The molecule has 1 aromatic carbocycles. The van der Waals surface area contributed by atoms with E-state index in [-0.39, 0.29) is 12.0 Å². The summed E-state index contributed by atoms with van der Waals surface area (Å²) >= 11 is 0. The van der Waals surface area contributed by atoms with Gasteiger partial charge in [-0.05, 0) is 19.2 Å². The first-order chi connectivity index (χ1) is 10.6. The van der Waals surface area contributed by atoms with Crippen molar-refractivity contribution in [2.24, 2.45) is 5.92 Å². The molecule has 0 spiro atoms. The number of hydrogen-bond acceptors (Lipinski definition) is 6. The number of carboxylic acid groups (broad SMARTS) is 1. The highest BCUT2D eigenvalue weighted by Crippen LogP contribution is 2.31. The SMILES string of the molecule is CN(CC1COc2ccccc2O1)CC1CNNC1C(=O)O. The Morgan fingerprint density at radius 2 is 2.14 bits per heavy atom. The molecule has 120 valence electrons. The van der Waals surface area contributed by atoms with Gasteiger partial charge >= 0.3 is 5.97 Å². The van der Waals surface area contributed by atoms with E-state index in [9.17, 15) is 4.79 Å². The lowest BCUT2D eigenvalue weighted by Gasteiger charge is -2.30. The van der Waals surface area contributed by atoms with Crippen molar-refractivity contribution in [3.8, 4) is 11.5 Å². The summed E-state index contributed by atoms with van der Waals surface area (Å²) in [7, 11) is 1.97. The predicted octanol–water partition coefficient (Wildman–Crippen LogP) is -0.0646. The second-order valence-corrected chi connectivity index (χ2v) is 5.82. The van der Waals surface area contributed by atoms with Crippen LogP contribution in [-0.2, 0) is 4.79 Å². The second-order valence-electron chi connectivity index (χ2n) is 5.82. The number of hydrazine groups is 1. The van der Waals surface area contributed by atoms with Crippen LogP contribution in [0.15, 0.2) is 24.3 Å². The van der Waals surface area contributed by atoms with E-state index in [1.54, 1.807) is 0 Å². The van der Waals surface area contributed by atoms with Crippen molar-refractivity contribution in [3.05, 3.63) is 24.3 Å². The van der Waals surface area contributed by atoms with Crippen LogP contribution in [0.25, 0.3) is 0 Å². The number of fused-ring (bicyclic) bond motifs is 1.